The predicted octanol–water partition coefficient (Wildman–Crippen LogP) is 15.5. The van der Waals surface area contributed by atoms with Gasteiger partial charge in [0.2, 0.25) is 0 Å². The molecule has 0 saturated heterocycles. The van der Waals surface area contributed by atoms with Crippen molar-refractivity contribution in [1.82, 2.24) is 0 Å². The smallest absolute Gasteiger partial charge is 0.0543 e. The lowest BCUT2D eigenvalue weighted by atomic mass is 9.82. The average Bonchev–Trinajstić information content (AvgIpc) is 3.81. The summed E-state index contributed by atoms with van der Waals surface area (Å²) in [6, 6.07) is 65.7. The van der Waals surface area contributed by atoms with Crippen LogP contribution >= 0.6 is 11.3 Å². The zero-order valence-electron chi connectivity index (χ0n) is 32.1. The van der Waals surface area contributed by atoms with Crippen molar-refractivity contribution in [2.45, 2.75) is 38.5 Å². The Morgan fingerprint density at radius 3 is 1.64 bits per heavy atom. The van der Waals surface area contributed by atoms with Crippen molar-refractivity contribution < 1.29 is 0 Å². The summed E-state index contributed by atoms with van der Waals surface area (Å²) in [5, 5.41) is 2.64. The standard InChI is InChI=1S/C54H41NS/c1-53(2)43-20-9-5-17-41(43)51-38(19-13-22-45(51)53)34-27-30-36(31-28-34)55(48-25-14-23-46-52(48)42-18-6-10-21-44(42)54(46,3)4)47-24-11-7-15-37(47)35-29-32-40-39-16-8-12-26-49(39)56-50(40)33-35/h5-33H,1-4H3. The molecule has 2 aliphatic rings. The van der Waals surface area contributed by atoms with E-state index >= 15 is 0 Å². The van der Waals surface area contributed by atoms with Gasteiger partial charge in [0, 0.05) is 47.8 Å². The summed E-state index contributed by atoms with van der Waals surface area (Å²) >= 11 is 1.88. The average molecular weight is 736 g/mol. The van der Waals surface area contributed by atoms with E-state index in [1.165, 1.54) is 92.6 Å². The largest absolute Gasteiger partial charge is 0.309 e. The monoisotopic (exact) mass is 735 g/mol. The normalized spacial score (nSPS) is 14.4. The second-order valence-corrected chi connectivity index (χ2v) is 17.6. The number of hydrogen-bond acceptors (Lipinski definition) is 2. The number of para-hydroxylation sites is 1. The minimum absolute atomic E-state index is 0.0427. The van der Waals surface area contributed by atoms with Crippen LogP contribution in [0.3, 0.4) is 0 Å². The number of fused-ring (bicyclic) bond motifs is 9. The fraction of sp³-hybridized carbons (Fsp3) is 0.111. The molecule has 0 bridgehead atoms. The maximum atomic E-state index is 2.51. The summed E-state index contributed by atoms with van der Waals surface area (Å²) in [4.78, 5) is 2.51. The van der Waals surface area contributed by atoms with Crippen LogP contribution in [0.4, 0.5) is 17.1 Å². The third kappa shape index (κ3) is 4.72. The van der Waals surface area contributed by atoms with Crippen LogP contribution in [0.2, 0.25) is 0 Å². The van der Waals surface area contributed by atoms with Gasteiger partial charge < -0.3 is 4.90 Å². The molecule has 9 aromatic rings. The maximum absolute atomic E-state index is 2.51. The molecular formula is C54H41NS. The molecule has 0 fully saturated rings. The van der Waals surface area contributed by atoms with E-state index < -0.39 is 0 Å². The summed E-state index contributed by atoms with van der Waals surface area (Å²) in [5.74, 6) is 0. The van der Waals surface area contributed by atoms with Gasteiger partial charge in [-0.2, -0.15) is 0 Å². The van der Waals surface area contributed by atoms with Gasteiger partial charge in [0.15, 0.2) is 0 Å². The Bertz CT molecular complexity index is 3030. The number of benzene rings is 8. The first kappa shape index (κ1) is 33.1. The van der Waals surface area contributed by atoms with Gasteiger partial charge in [0.05, 0.1) is 11.4 Å². The molecule has 2 aliphatic carbocycles. The Morgan fingerprint density at radius 1 is 0.375 bits per heavy atom. The summed E-state index contributed by atoms with van der Waals surface area (Å²) in [6.07, 6.45) is 0. The van der Waals surface area contributed by atoms with Crippen LogP contribution in [0.25, 0.3) is 64.7 Å². The van der Waals surface area contributed by atoms with Crippen molar-refractivity contribution in [2.75, 3.05) is 4.90 Å². The molecule has 1 heterocycles. The van der Waals surface area contributed by atoms with E-state index in [1.54, 1.807) is 0 Å². The van der Waals surface area contributed by atoms with Crippen molar-refractivity contribution in [2.24, 2.45) is 0 Å². The second-order valence-electron chi connectivity index (χ2n) is 16.5. The lowest BCUT2D eigenvalue weighted by Gasteiger charge is -2.30. The molecule has 0 saturated carbocycles. The lowest BCUT2D eigenvalue weighted by Crippen LogP contribution is -2.16. The highest BCUT2D eigenvalue weighted by Gasteiger charge is 2.39. The van der Waals surface area contributed by atoms with Crippen molar-refractivity contribution >= 4 is 48.6 Å². The van der Waals surface area contributed by atoms with E-state index in [1.807, 2.05) is 11.3 Å². The Hall–Kier alpha value is -6.22. The van der Waals surface area contributed by atoms with Gasteiger partial charge in [-0.15, -0.1) is 11.3 Å². The van der Waals surface area contributed by atoms with E-state index in [0.717, 1.165) is 11.4 Å². The highest BCUT2D eigenvalue weighted by molar-refractivity contribution is 7.25. The van der Waals surface area contributed by atoms with Crippen molar-refractivity contribution in [3.05, 3.63) is 198 Å². The number of anilines is 3. The summed E-state index contributed by atoms with van der Waals surface area (Å²) < 4.78 is 2.64. The van der Waals surface area contributed by atoms with Crippen LogP contribution in [-0.4, -0.2) is 0 Å². The zero-order valence-corrected chi connectivity index (χ0v) is 32.9. The van der Waals surface area contributed by atoms with E-state index in [9.17, 15) is 0 Å². The van der Waals surface area contributed by atoms with Crippen LogP contribution in [0, 0.1) is 0 Å². The molecule has 11 rings (SSSR count). The molecule has 1 aromatic heterocycles. The fourth-order valence-electron chi connectivity index (χ4n) is 9.92. The SMILES string of the molecule is CC1(C)c2ccccc2-c2c(-c3ccc(N(c4ccccc4-c4ccc5c(c4)sc4ccccc45)c4cccc5c4-c4ccccc4C5(C)C)cc3)cccc21. The van der Waals surface area contributed by atoms with E-state index in [2.05, 4.69) is 209 Å². The Labute approximate surface area is 333 Å². The van der Waals surface area contributed by atoms with Crippen molar-refractivity contribution in [3.63, 3.8) is 0 Å². The highest BCUT2D eigenvalue weighted by atomic mass is 32.1. The summed E-state index contributed by atoms with van der Waals surface area (Å²) in [5.41, 5.74) is 19.1. The molecule has 0 aliphatic heterocycles. The Balaban J connectivity index is 1.12. The molecule has 8 aromatic carbocycles. The van der Waals surface area contributed by atoms with Crippen LogP contribution in [-0.2, 0) is 10.8 Å². The van der Waals surface area contributed by atoms with Crippen LogP contribution in [0.1, 0.15) is 49.9 Å². The number of rotatable bonds is 5. The third-order valence-electron chi connectivity index (χ3n) is 12.7. The van der Waals surface area contributed by atoms with Gasteiger partial charge in [-0.1, -0.05) is 167 Å². The molecule has 0 amide bonds. The molecular weight excluding hydrogens is 695 g/mol. The van der Waals surface area contributed by atoms with Crippen LogP contribution in [0.15, 0.2) is 176 Å². The predicted molar refractivity (Wildman–Crippen MR) is 240 cm³/mol. The maximum Gasteiger partial charge on any atom is 0.0543 e. The van der Waals surface area contributed by atoms with Gasteiger partial charge in [0.1, 0.15) is 0 Å². The molecule has 56 heavy (non-hydrogen) atoms. The molecule has 268 valence electrons. The Kier molecular flexibility index (Phi) is 7.18. The lowest BCUT2D eigenvalue weighted by molar-refractivity contribution is 0.660. The second kappa shape index (κ2) is 12.1. The quantitative estimate of drug-likeness (QED) is 0.170. The first-order valence-electron chi connectivity index (χ1n) is 19.7. The third-order valence-corrected chi connectivity index (χ3v) is 13.8. The molecule has 0 unspecified atom stereocenters. The molecule has 0 N–H and O–H groups in total. The molecule has 0 radical (unpaired) electrons. The molecule has 0 atom stereocenters. The fourth-order valence-corrected chi connectivity index (χ4v) is 11.1. The van der Waals surface area contributed by atoms with Gasteiger partial charge in [-0.25, -0.2) is 0 Å². The molecule has 2 heteroatoms. The molecule has 1 nitrogen and oxygen atoms in total. The van der Waals surface area contributed by atoms with E-state index in [-0.39, 0.29) is 10.8 Å². The number of nitrogens with zero attached hydrogens (tertiary/aromatic N) is 1. The summed E-state index contributed by atoms with van der Waals surface area (Å²) in [7, 11) is 0. The summed E-state index contributed by atoms with van der Waals surface area (Å²) in [6.45, 7) is 9.45. The van der Waals surface area contributed by atoms with Gasteiger partial charge >= 0.3 is 0 Å². The first-order chi connectivity index (χ1) is 27.3. The Morgan fingerprint density at radius 2 is 0.893 bits per heavy atom. The van der Waals surface area contributed by atoms with Crippen molar-refractivity contribution in [3.8, 4) is 44.5 Å². The van der Waals surface area contributed by atoms with E-state index in [4.69, 9.17) is 0 Å². The van der Waals surface area contributed by atoms with Gasteiger partial charge in [0.25, 0.3) is 0 Å². The minimum atomic E-state index is -0.110. The topological polar surface area (TPSA) is 3.24 Å². The van der Waals surface area contributed by atoms with Crippen LogP contribution in [0.5, 0.6) is 0 Å². The van der Waals surface area contributed by atoms with Crippen molar-refractivity contribution in [1.29, 1.82) is 0 Å². The number of hydrogen-bond donors (Lipinski definition) is 0. The van der Waals surface area contributed by atoms with E-state index in [0.29, 0.717) is 0 Å². The van der Waals surface area contributed by atoms with Gasteiger partial charge in [-0.3, -0.25) is 0 Å². The minimum Gasteiger partial charge on any atom is -0.309 e. The number of thiophene rings is 1. The first-order valence-corrected chi connectivity index (χ1v) is 20.5. The zero-order chi connectivity index (χ0) is 37.8. The molecule has 0 spiro atoms. The van der Waals surface area contributed by atoms with Gasteiger partial charge in [-0.05, 0) is 92.0 Å². The highest BCUT2D eigenvalue weighted by Crippen LogP contribution is 2.56. The van der Waals surface area contributed by atoms with Crippen LogP contribution < -0.4 is 4.90 Å².